The van der Waals surface area contributed by atoms with Gasteiger partial charge < -0.3 is 10.6 Å². The minimum atomic E-state index is -0.0152. The maximum atomic E-state index is 12.3. The quantitative estimate of drug-likeness (QED) is 0.863. The van der Waals surface area contributed by atoms with Gasteiger partial charge in [0.25, 0.3) is 5.91 Å². The fourth-order valence-electron chi connectivity index (χ4n) is 2.65. The molecule has 1 aliphatic heterocycles. The molecule has 2 heterocycles. The van der Waals surface area contributed by atoms with Gasteiger partial charge in [-0.05, 0) is 44.4 Å². The average Bonchev–Trinajstić information content (AvgIpc) is 3.01. The third-order valence-electron chi connectivity index (χ3n) is 3.72. The number of nitrogens with one attached hydrogen (secondary N) is 2. The van der Waals surface area contributed by atoms with Gasteiger partial charge in [-0.3, -0.25) is 9.69 Å². The molecule has 5 nitrogen and oxygen atoms in total. The number of carbonyl (C=O) groups excluding carboxylic acids is 1. The summed E-state index contributed by atoms with van der Waals surface area (Å²) in [6, 6.07) is 0.485. The van der Waals surface area contributed by atoms with Crippen LogP contribution in [0, 0.1) is 6.92 Å². The SMILES string of the molecule is CCN1CCC[C@H]1CNC(=O)c1c(C)nsc1NC. The van der Waals surface area contributed by atoms with Crippen LogP contribution >= 0.6 is 11.5 Å². The molecule has 1 fully saturated rings. The van der Waals surface area contributed by atoms with Crippen LogP contribution in [0.25, 0.3) is 0 Å². The van der Waals surface area contributed by atoms with Crippen LogP contribution in [0.4, 0.5) is 5.00 Å². The number of likely N-dealkylation sites (tertiary alicyclic amines) is 1. The number of likely N-dealkylation sites (N-methyl/N-ethyl adjacent to an activating group) is 1. The zero-order valence-electron chi connectivity index (χ0n) is 11.8. The second-order valence-electron chi connectivity index (χ2n) is 4.86. The predicted octanol–water partition coefficient (Wildman–Crippen LogP) is 1.71. The average molecular weight is 282 g/mol. The Kier molecular flexibility index (Phi) is 4.76. The topological polar surface area (TPSA) is 57.3 Å². The van der Waals surface area contributed by atoms with Gasteiger partial charge in [0.15, 0.2) is 0 Å². The minimum absolute atomic E-state index is 0.0152. The summed E-state index contributed by atoms with van der Waals surface area (Å²) in [5.41, 5.74) is 1.49. The van der Waals surface area contributed by atoms with Gasteiger partial charge in [-0.25, -0.2) is 0 Å². The van der Waals surface area contributed by atoms with Crippen LogP contribution in [-0.4, -0.2) is 47.9 Å². The van der Waals surface area contributed by atoms with Crippen LogP contribution in [0.1, 0.15) is 35.8 Å². The smallest absolute Gasteiger partial charge is 0.256 e. The molecule has 2 N–H and O–H groups in total. The van der Waals surface area contributed by atoms with Crippen molar-refractivity contribution in [2.24, 2.45) is 0 Å². The van der Waals surface area contributed by atoms with E-state index in [1.165, 1.54) is 24.4 Å². The summed E-state index contributed by atoms with van der Waals surface area (Å²) < 4.78 is 4.23. The molecule has 0 aliphatic carbocycles. The molecule has 0 unspecified atom stereocenters. The van der Waals surface area contributed by atoms with Crippen molar-refractivity contribution in [3.63, 3.8) is 0 Å². The van der Waals surface area contributed by atoms with Gasteiger partial charge in [0.1, 0.15) is 5.00 Å². The molecule has 1 aliphatic rings. The van der Waals surface area contributed by atoms with Gasteiger partial charge in [0, 0.05) is 19.6 Å². The van der Waals surface area contributed by atoms with Crippen LogP contribution in [0.3, 0.4) is 0 Å². The van der Waals surface area contributed by atoms with E-state index in [1.807, 2.05) is 14.0 Å². The van der Waals surface area contributed by atoms with Crippen LogP contribution in [0.5, 0.6) is 0 Å². The first-order chi connectivity index (χ1) is 9.17. The third kappa shape index (κ3) is 3.06. The molecule has 1 saturated heterocycles. The number of hydrogen-bond acceptors (Lipinski definition) is 5. The summed E-state index contributed by atoms with van der Waals surface area (Å²) in [4.78, 5) is 14.7. The highest BCUT2D eigenvalue weighted by molar-refractivity contribution is 7.10. The molecule has 0 saturated carbocycles. The second kappa shape index (κ2) is 6.34. The molecule has 1 aromatic rings. The molecule has 106 valence electrons. The van der Waals surface area contributed by atoms with E-state index in [1.54, 1.807) is 0 Å². The van der Waals surface area contributed by atoms with Crippen LogP contribution in [0.2, 0.25) is 0 Å². The Morgan fingerprint density at radius 1 is 1.58 bits per heavy atom. The molecular formula is C13H22N4OS. The van der Waals surface area contributed by atoms with E-state index in [9.17, 15) is 4.79 Å². The van der Waals surface area contributed by atoms with Crippen LogP contribution in [0.15, 0.2) is 0 Å². The lowest BCUT2D eigenvalue weighted by Crippen LogP contribution is -2.40. The van der Waals surface area contributed by atoms with Crippen molar-refractivity contribution in [3.05, 3.63) is 11.3 Å². The summed E-state index contributed by atoms with van der Waals surface area (Å²) in [7, 11) is 1.82. The summed E-state index contributed by atoms with van der Waals surface area (Å²) in [5, 5.41) is 6.92. The molecular weight excluding hydrogens is 260 g/mol. The lowest BCUT2D eigenvalue weighted by atomic mass is 10.2. The Morgan fingerprint density at radius 3 is 3.05 bits per heavy atom. The Labute approximate surface area is 118 Å². The van der Waals surface area contributed by atoms with E-state index in [-0.39, 0.29) is 5.91 Å². The van der Waals surface area contributed by atoms with Crippen molar-refractivity contribution in [1.29, 1.82) is 0 Å². The minimum Gasteiger partial charge on any atom is -0.378 e. The first-order valence-corrected chi connectivity index (χ1v) is 7.61. The maximum Gasteiger partial charge on any atom is 0.256 e. The fourth-order valence-corrected chi connectivity index (χ4v) is 3.39. The van der Waals surface area contributed by atoms with Crippen molar-refractivity contribution < 1.29 is 4.79 Å². The largest absolute Gasteiger partial charge is 0.378 e. The highest BCUT2D eigenvalue weighted by Gasteiger charge is 2.24. The normalized spacial score (nSPS) is 19.6. The molecule has 6 heteroatoms. The number of rotatable bonds is 5. The van der Waals surface area contributed by atoms with E-state index < -0.39 is 0 Å². The van der Waals surface area contributed by atoms with Gasteiger partial charge >= 0.3 is 0 Å². The molecule has 1 atom stereocenters. The second-order valence-corrected chi connectivity index (χ2v) is 5.63. The van der Waals surface area contributed by atoms with Crippen molar-refractivity contribution >= 4 is 22.4 Å². The Balaban J connectivity index is 1.96. The first-order valence-electron chi connectivity index (χ1n) is 6.83. The van der Waals surface area contributed by atoms with E-state index >= 15 is 0 Å². The molecule has 0 spiro atoms. The zero-order chi connectivity index (χ0) is 13.8. The highest BCUT2D eigenvalue weighted by atomic mass is 32.1. The van der Waals surface area contributed by atoms with Gasteiger partial charge in [0.05, 0.1) is 11.3 Å². The molecule has 1 aromatic heterocycles. The Bertz CT molecular complexity index is 446. The Morgan fingerprint density at radius 2 is 2.37 bits per heavy atom. The molecule has 0 aromatic carbocycles. The zero-order valence-corrected chi connectivity index (χ0v) is 12.6. The third-order valence-corrected chi connectivity index (χ3v) is 4.68. The summed E-state index contributed by atoms with van der Waals surface area (Å²) in [6.45, 7) is 6.98. The van der Waals surface area contributed by atoms with Crippen molar-refractivity contribution in [2.75, 3.05) is 32.0 Å². The number of amides is 1. The predicted molar refractivity (Wildman–Crippen MR) is 79.0 cm³/mol. The van der Waals surface area contributed by atoms with Gasteiger partial charge in [-0.15, -0.1) is 0 Å². The monoisotopic (exact) mass is 282 g/mol. The van der Waals surface area contributed by atoms with Gasteiger partial charge in [-0.2, -0.15) is 4.37 Å². The fraction of sp³-hybridized carbons (Fsp3) is 0.692. The number of aromatic nitrogens is 1. The Hall–Kier alpha value is -1.14. The number of aryl methyl sites for hydroxylation is 1. The van der Waals surface area contributed by atoms with E-state index in [0.29, 0.717) is 11.6 Å². The van der Waals surface area contributed by atoms with Crippen molar-refractivity contribution in [2.45, 2.75) is 32.7 Å². The van der Waals surface area contributed by atoms with Gasteiger partial charge in [-0.1, -0.05) is 6.92 Å². The van der Waals surface area contributed by atoms with Crippen LogP contribution in [-0.2, 0) is 0 Å². The number of carbonyl (C=O) groups is 1. The molecule has 19 heavy (non-hydrogen) atoms. The molecule has 2 rings (SSSR count). The molecule has 0 bridgehead atoms. The maximum absolute atomic E-state index is 12.3. The van der Waals surface area contributed by atoms with E-state index in [2.05, 4.69) is 26.8 Å². The first kappa shape index (κ1) is 14.3. The van der Waals surface area contributed by atoms with Crippen LogP contribution < -0.4 is 10.6 Å². The number of nitrogens with zero attached hydrogens (tertiary/aromatic N) is 2. The van der Waals surface area contributed by atoms with Gasteiger partial charge in [0.2, 0.25) is 0 Å². The summed E-state index contributed by atoms with van der Waals surface area (Å²) in [6.07, 6.45) is 2.41. The van der Waals surface area contributed by atoms with Crippen molar-refractivity contribution in [1.82, 2.24) is 14.6 Å². The summed E-state index contributed by atoms with van der Waals surface area (Å²) in [5.74, 6) is -0.0152. The lowest BCUT2D eigenvalue weighted by Gasteiger charge is -2.22. The number of anilines is 1. The van der Waals surface area contributed by atoms with Crippen molar-refractivity contribution in [3.8, 4) is 0 Å². The number of hydrogen-bond donors (Lipinski definition) is 2. The summed E-state index contributed by atoms with van der Waals surface area (Å²) >= 11 is 1.34. The highest BCUT2D eigenvalue weighted by Crippen LogP contribution is 2.23. The molecule has 0 radical (unpaired) electrons. The molecule has 1 amide bonds. The van der Waals surface area contributed by atoms with E-state index in [0.717, 1.165) is 30.3 Å². The van der Waals surface area contributed by atoms with E-state index in [4.69, 9.17) is 0 Å². The standard InChI is InChI=1S/C13H22N4OS/c1-4-17-7-5-6-10(17)8-15-12(18)11-9(2)16-19-13(11)14-3/h10,14H,4-8H2,1-3H3,(H,15,18)/t10-/m0/s1. The lowest BCUT2D eigenvalue weighted by molar-refractivity contribution is 0.0941.